The highest BCUT2D eigenvalue weighted by molar-refractivity contribution is 6.05. The van der Waals surface area contributed by atoms with Gasteiger partial charge in [0.25, 0.3) is 5.56 Å². The van der Waals surface area contributed by atoms with Gasteiger partial charge < -0.3 is 4.57 Å². The molecule has 0 unspecified atom stereocenters. The molecule has 5 heteroatoms. The Bertz CT molecular complexity index is 1480. The van der Waals surface area contributed by atoms with E-state index in [0.29, 0.717) is 23.1 Å². The van der Waals surface area contributed by atoms with Crippen LogP contribution in [0.1, 0.15) is 29.5 Å². The highest BCUT2D eigenvalue weighted by Gasteiger charge is 2.19. The number of benzene rings is 3. The number of fused-ring (bicyclic) bond motifs is 3. The molecule has 0 aliphatic rings. The quantitative estimate of drug-likeness (QED) is 0.365. The smallest absolute Gasteiger partial charge is 0.277 e. The van der Waals surface area contributed by atoms with Crippen LogP contribution in [-0.4, -0.2) is 14.1 Å². The summed E-state index contributed by atoms with van der Waals surface area (Å²) in [5.41, 5.74) is 4.74. The molecule has 0 radical (unpaired) electrons. The molecule has 2 heterocycles. The zero-order valence-electron chi connectivity index (χ0n) is 18.1. The lowest BCUT2D eigenvalue weighted by Crippen LogP contribution is -2.24. The van der Waals surface area contributed by atoms with Crippen molar-refractivity contribution in [1.82, 2.24) is 14.1 Å². The van der Waals surface area contributed by atoms with Crippen molar-refractivity contribution < 1.29 is 4.39 Å². The van der Waals surface area contributed by atoms with E-state index in [1.807, 2.05) is 54.0 Å². The monoisotopic (exact) mass is 425 g/mol. The third-order valence-electron chi connectivity index (χ3n) is 6.11. The Labute approximate surface area is 185 Å². The first kappa shape index (κ1) is 20.2. The normalized spacial score (nSPS) is 12.5. The lowest BCUT2D eigenvalue weighted by molar-refractivity contribution is 0.574. The zero-order valence-corrected chi connectivity index (χ0v) is 18.1. The topological polar surface area (TPSA) is 39.8 Å². The van der Waals surface area contributed by atoms with Gasteiger partial charge in [0.05, 0.1) is 18.4 Å². The third kappa shape index (κ3) is 3.50. The van der Waals surface area contributed by atoms with E-state index in [0.717, 1.165) is 16.5 Å². The Kier molecular flexibility index (Phi) is 5.10. The third-order valence-corrected chi connectivity index (χ3v) is 6.11. The first-order valence-corrected chi connectivity index (χ1v) is 10.8. The Morgan fingerprint density at radius 1 is 1.00 bits per heavy atom. The average Bonchev–Trinajstić information content (AvgIpc) is 3.11. The molecule has 0 aliphatic carbocycles. The van der Waals surface area contributed by atoms with E-state index >= 15 is 0 Å². The molecule has 32 heavy (non-hydrogen) atoms. The molecule has 5 aromatic rings. The van der Waals surface area contributed by atoms with Gasteiger partial charge in [0.2, 0.25) is 0 Å². The number of hydrogen-bond acceptors (Lipinski definition) is 2. The summed E-state index contributed by atoms with van der Waals surface area (Å²) in [6.07, 6.45) is 1.64. The zero-order chi connectivity index (χ0) is 22.2. The average molecular weight is 426 g/mol. The van der Waals surface area contributed by atoms with Gasteiger partial charge in [-0.3, -0.25) is 9.36 Å². The van der Waals surface area contributed by atoms with Gasteiger partial charge in [-0.1, -0.05) is 67.1 Å². The SMILES string of the molecule is Cc1ccc2c(c1)c1ncn(C[C@@H](C)c3ccccc3)c(=O)c1n2Cc1ccccc1F. The molecule has 160 valence electrons. The van der Waals surface area contributed by atoms with Crippen molar-refractivity contribution in [2.24, 2.45) is 0 Å². The predicted octanol–water partition coefficient (Wildman–Crippen LogP) is 5.65. The minimum atomic E-state index is -0.281. The fraction of sp³-hybridized carbons (Fsp3) is 0.185. The van der Waals surface area contributed by atoms with Gasteiger partial charge in [-0.15, -0.1) is 0 Å². The number of aromatic nitrogens is 3. The number of halogens is 1. The molecular weight excluding hydrogens is 401 g/mol. The summed E-state index contributed by atoms with van der Waals surface area (Å²) in [5.74, 6) is -0.128. The van der Waals surface area contributed by atoms with E-state index in [1.54, 1.807) is 23.0 Å². The molecule has 2 aromatic heterocycles. The molecule has 0 saturated carbocycles. The van der Waals surface area contributed by atoms with Crippen LogP contribution in [0.3, 0.4) is 0 Å². The van der Waals surface area contributed by atoms with Gasteiger partial charge in [0.1, 0.15) is 16.9 Å². The molecule has 0 fully saturated rings. The lowest BCUT2D eigenvalue weighted by atomic mass is 10.0. The fourth-order valence-electron chi connectivity index (χ4n) is 4.39. The molecule has 0 saturated heterocycles. The maximum Gasteiger partial charge on any atom is 0.277 e. The van der Waals surface area contributed by atoms with Crippen LogP contribution in [0.15, 0.2) is 83.9 Å². The van der Waals surface area contributed by atoms with Crippen molar-refractivity contribution in [3.63, 3.8) is 0 Å². The molecule has 0 bridgehead atoms. The van der Waals surface area contributed by atoms with Gasteiger partial charge in [-0.2, -0.15) is 0 Å². The van der Waals surface area contributed by atoms with E-state index in [2.05, 4.69) is 19.1 Å². The number of rotatable bonds is 5. The van der Waals surface area contributed by atoms with Crippen molar-refractivity contribution in [1.29, 1.82) is 0 Å². The predicted molar refractivity (Wildman–Crippen MR) is 127 cm³/mol. The van der Waals surface area contributed by atoms with Gasteiger partial charge >= 0.3 is 0 Å². The summed E-state index contributed by atoms with van der Waals surface area (Å²) in [6, 6.07) is 22.9. The van der Waals surface area contributed by atoms with Gasteiger partial charge in [0, 0.05) is 17.5 Å². The number of hydrogen-bond donors (Lipinski definition) is 0. The van der Waals surface area contributed by atoms with Gasteiger partial charge in [-0.05, 0) is 36.6 Å². The van der Waals surface area contributed by atoms with Gasteiger partial charge in [-0.25, -0.2) is 9.37 Å². The first-order chi connectivity index (χ1) is 15.5. The van der Waals surface area contributed by atoms with Crippen LogP contribution in [0.5, 0.6) is 0 Å². The molecular formula is C27H24FN3O. The summed E-state index contributed by atoms with van der Waals surface area (Å²) < 4.78 is 18.0. The summed E-state index contributed by atoms with van der Waals surface area (Å²) in [5, 5.41) is 0.914. The van der Waals surface area contributed by atoms with E-state index in [9.17, 15) is 9.18 Å². The van der Waals surface area contributed by atoms with Crippen LogP contribution < -0.4 is 5.56 Å². The maximum atomic E-state index is 14.5. The second-order valence-electron chi connectivity index (χ2n) is 8.41. The molecule has 3 aromatic carbocycles. The van der Waals surface area contributed by atoms with E-state index in [1.165, 1.54) is 11.6 Å². The summed E-state index contributed by atoms with van der Waals surface area (Å²) in [4.78, 5) is 18.3. The van der Waals surface area contributed by atoms with E-state index in [-0.39, 0.29) is 23.8 Å². The summed E-state index contributed by atoms with van der Waals surface area (Å²) >= 11 is 0. The van der Waals surface area contributed by atoms with Gasteiger partial charge in [0.15, 0.2) is 0 Å². The molecule has 5 rings (SSSR count). The van der Waals surface area contributed by atoms with Crippen LogP contribution in [0.4, 0.5) is 4.39 Å². The summed E-state index contributed by atoms with van der Waals surface area (Å²) in [7, 11) is 0. The highest BCUT2D eigenvalue weighted by Crippen LogP contribution is 2.28. The minimum Gasteiger partial charge on any atom is -0.330 e. The molecule has 0 aliphatic heterocycles. The fourth-order valence-corrected chi connectivity index (χ4v) is 4.39. The van der Waals surface area contributed by atoms with Crippen molar-refractivity contribution >= 4 is 21.9 Å². The van der Waals surface area contributed by atoms with Crippen molar-refractivity contribution in [3.05, 3.63) is 112 Å². The second-order valence-corrected chi connectivity index (χ2v) is 8.41. The van der Waals surface area contributed by atoms with Crippen LogP contribution in [0.2, 0.25) is 0 Å². The van der Waals surface area contributed by atoms with Crippen LogP contribution in [0, 0.1) is 12.7 Å². The minimum absolute atomic E-state index is 0.108. The molecule has 4 nitrogen and oxygen atoms in total. The van der Waals surface area contributed by atoms with Crippen LogP contribution in [0.25, 0.3) is 21.9 Å². The van der Waals surface area contributed by atoms with Crippen molar-refractivity contribution in [2.75, 3.05) is 0 Å². The van der Waals surface area contributed by atoms with Crippen molar-refractivity contribution in [3.8, 4) is 0 Å². The standard InChI is InChI=1S/C27H24FN3O/c1-18-12-13-24-22(14-18)25-26(31(24)16-21-10-6-7-11-23(21)28)27(32)30(17-29-25)15-19(2)20-8-4-3-5-9-20/h3-14,17,19H,15-16H2,1-2H3/t19-/m1/s1. The molecule has 1 atom stereocenters. The van der Waals surface area contributed by atoms with E-state index in [4.69, 9.17) is 4.98 Å². The Balaban J connectivity index is 1.69. The Hall–Kier alpha value is -3.73. The molecule has 0 N–H and O–H groups in total. The Morgan fingerprint density at radius 3 is 2.53 bits per heavy atom. The maximum absolute atomic E-state index is 14.5. The first-order valence-electron chi connectivity index (χ1n) is 10.8. The largest absolute Gasteiger partial charge is 0.330 e. The molecule has 0 spiro atoms. The summed E-state index contributed by atoms with van der Waals surface area (Å²) in [6.45, 7) is 4.91. The lowest BCUT2D eigenvalue weighted by Gasteiger charge is -2.14. The van der Waals surface area contributed by atoms with Crippen LogP contribution in [-0.2, 0) is 13.1 Å². The number of nitrogens with zero attached hydrogens (tertiary/aromatic N) is 3. The second kappa shape index (κ2) is 8.08. The van der Waals surface area contributed by atoms with E-state index < -0.39 is 0 Å². The highest BCUT2D eigenvalue weighted by atomic mass is 19.1. The Morgan fingerprint density at radius 2 is 1.75 bits per heavy atom. The number of aryl methyl sites for hydroxylation is 1. The molecule has 0 amide bonds. The van der Waals surface area contributed by atoms with Crippen molar-refractivity contribution in [2.45, 2.75) is 32.9 Å². The van der Waals surface area contributed by atoms with Crippen LogP contribution >= 0.6 is 0 Å².